The first-order valence-corrected chi connectivity index (χ1v) is 7.07. The van der Waals surface area contributed by atoms with Crippen LogP contribution in [0.15, 0.2) is 46.9 Å². The van der Waals surface area contributed by atoms with Gasteiger partial charge in [-0.05, 0) is 42.5 Å². The van der Waals surface area contributed by atoms with Crippen LogP contribution in [-0.2, 0) is 4.79 Å². The third kappa shape index (κ3) is 4.75. The number of rotatable bonds is 5. The molecule has 110 valence electrons. The Morgan fingerprint density at radius 3 is 2.67 bits per heavy atom. The molecule has 0 heterocycles. The summed E-state index contributed by atoms with van der Waals surface area (Å²) in [6, 6.07) is 11.2. The van der Waals surface area contributed by atoms with Crippen LogP contribution in [0.1, 0.15) is 6.42 Å². The van der Waals surface area contributed by atoms with Crippen LogP contribution in [0.3, 0.4) is 0 Å². The lowest BCUT2D eigenvalue weighted by Gasteiger charge is -2.08. The molecule has 0 spiro atoms. The van der Waals surface area contributed by atoms with Gasteiger partial charge < -0.3 is 15.8 Å². The third-order valence-electron chi connectivity index (χ3n) is 2.67. The number of carbonyl (C=O) groups excluding carboxylic acids is 1. The van der Waals surface area contributed by atoms with Gasteiger partial charge in [-0.3, -0.25) is 4.79 Å². The van der Waals surface area contributed by atoms with E-state index in [0.717, 1.165) is 0 Å². The van der Waals surface area contributed by atoms with Crippen LogP contribution in [0.4, 0.5) is 15.8 Å². The number of hydrogen-bond donors (Lipinski definition) is 2. The van der Waals surface area contributed by atoms with Crippen LogP contribution < -0.4 is 15.8 Å². The largest absolute Gasteiger partial charge is 0.490 e. The molecule has 0 aliphatic heterocycles. The van der Waals surface area contributed by atoms with Crippen molar-refractivity contribution in [1.29, 1.82) is 0 Å². The first kappa shape index (κ1) is 15.3. The monoisotopic (exact) mass is 352 g/mol. The highest BCUT2D eigenvalue weighted by Gasteiger charge is 2.06. The number of benzene rings is 2. The highest BCUT2D eigenvalue weighted by molar-refractivity contribution is 9.10. The lowest BCUT2D eigenvalue weighted by molar-refractivity contribution is -0.116. The second-order valence-electron chi connectivity index (χ2n) is 4.34. The fourth-order valence-electron chi connectivity index (χ4n) is 1.63. The lowest BCUT2D eigenvalue weighted by Crippen LogP contribution is -2.15. The van der Waals surface area contributed by atoms with Crippen LogP contribution in [0.2, 0.25) is 0 Å². The molecule has 21 heavy (non-hydrogen) atoms. The summed E-state index contributed by atoms with van der Waals surface area (Å²) in [6.45, 7) is 0.0914. The summed E-state index contributed by atoms with van der Waals surface area (Å²) >= 11 is 3.23. The zero-order valence-corrected chi connectivity index (χ0v) is 12.7. The number of nitrogens with two attached hydrogens (primary N) is 1. The van der Waals surface area contributed by atoms with Gasteiger partial charge in [-0.15, -0.1) is 0 Å². The highest BCUT2D eigenvalue weighted by atomic mass is 79.9. The van der Waals surface area contributed by atoms with Crippen LogP contribution in [0.5, 0.6) is 5.75 Å². The summed E-state index contributed by atoms with van der Waals surface area (Å²) in [6.07, 6.45) is 0.121. The fraction of sp³-hybridized carbons (Fsp3) is 0.133. The summed E-state index contributed by atoms with van der Waals surface area (Å²) in [5.41, 5.74) is 6.84. The maximum Gasteiger partial charge on any atom is 0.227 e. The van der Waals surface area contributed by atoms with Crippen molar-refractivity contribution in [3.05, 3.63) is 52.8 Å². The molecule has 2 aromatic rings. The zero-order chi connectivity index (χ0) is 15.2. The molecule has 0 aliphatic rings. The van der Waals surface area contributed by atoms with Crippen molar-refractivity contribution in [2.24, 2.45) is 0 Å². The van der Waals surface area contributed by atoms with Gasteiger partial charge in [-0.2, -0.15) is 0 Å². The molecule has 1 amide bonds. The Hall–Kier alpha value is -2.08. The molecule has 0 bridgehead atoms. The Morgan fingerprint density at radius 1 is 1.24 bits per heavy atom. The quantitative estimate of drug-likeness (QED) is 0.808. The second kappa shape index (κ2) is 7.08. The van der Waals surface area contributed by atoms with Crippen molar-refractivity contribution >= 4 is 33.2 Å². The SMILES string of the molecule is Nc1ccc(NC(=O)CCOc2cc(Br)ccc2F)cc1. The Kier molecular flexibility index (Phi) is 5.16. The lowest BCUT2D eigenvalue weighted by atomic mass is 10.3. The zero-order valence-electron chi connectivity index (χ0n) is 11.1. The van der Waals surface area contributed by atoms with E-state index in [1.54, 1.807) is 30.3 Å². The van der Waals surface area contributed by atoms with E-state index in [4.69, 9.17) is 10.5 Å². The Bertz CT molecular complexity index is 632. The van der Waals surface area contributed by atoms with E-state index in [9.17, 15) is 9.18 Å². The Labute approximate surface area is 130 Å². The smallest absolute Gasteiger partial charge is 0.227 e. The van der Waals surface area contributed by atoms with Crippen molar-refractivity contribution in [3.8, 4) is 5.75 Å². The Morgan fingerprint density at radius 2 is 1.95 bits per heavy atom. The summed E-state index contributed by atoms with van der Waals surface area (Å²) in [5, 5.41) is 2.70. The number of carbonyl (C=O) groups is 1. The average Bonchev–Trinajstić information content (AvgIpc) is 2.45. The first-order valence-electron chi connectivity index (χ1n) is 6.28. The average molecular weight is 353 g/mol. The summed E-state index contributed by atoms with van der Waals surface area (Å²) in [7, 11) is 0. The molecule has 3 N–H and O–H groups in total. The van der Waals surface area contributed by atoms with E-state index in [-0.39, 0.29) is 24.7 Å². The van der Waals surface area contributed by atoms with E-state index in [0.29, 0.717) is 15.8 Å². The summed E-state index contributed by atoms with van der Waals surface area (Å²) in [5.74, 6) is -0.558. The number of hydrogen-bond acceptors (Lipinski definition) is 3. The van der Waals surface area contributed by atoms with Gasteiger partial charge in [0, 0.05) is 15.8 Å². The van der Waals surface area contributed by atoms with Gasteiger partial charge in [0.05, 0.1) is 13.0 Å². The topological polar surface area (TPSA) is 64.3 Å². The molecular formula is C15H14BrFN2O2. The second-order valence-corrected chi connectivity index (χ2v) is 5.26. The van der Waals surface area contributed by atoms with Gasteiger partial charge in [0.1, 0.15) is 0 Å². The molecule has 0 fully saturated rings. The first-order chi connectivity index (χ1) is 10.0. The minimum Gasteiger partial charge on any atom is -0.490 e. The van der Waals surface area contributed by atoms with Crippen molar-refractivity contribution in [2.75, 3.05) is 17.7 Å². The predicted octanol–water partition coefficient (Wildman–Crippen LogP) is 3.58. The molecular weight excluding hydrogens is 339 g/mol. The number of ether oxygens (including phenoxy) is 1. The molecule has 2 aromatic carbocycles. The summed E-state index contributed by atoms with van der Waals surface area (Å²) < 4.78 is 19.4. The van der Waals surface area contributed by atoms with Gasteiger partial charge in [-0.25, -0.2) is 4.39 Å². The minimum atomic E-state index is -0.461. The van der Waals surface area contributed by atoms with Crippen LogP contribution in [0, 0.1) is 5.82 Å². The molecule has 4 nitrogen and oxygen atoms in total. The minimum absolute atomic E-state index is 0.0914. The maximum atomic E-state index is 13.4. The molecule has 6 heteroatoms. The molecule has 0 radical (unpaired) electrons. The fourth-order valence-corrected chi connectivity index (χ4v) is 1.97. The number of amides is 1. The van der Waals surface area contributed by atoms with E-state index in [2.05, 4.69) is 21.2 Å². The Balaban J connectivity index is 1.81. The molecule has 0 aliphatic carbocycles. The molecule has 0 unspecified atom stereocenters. The number of anilines is 2. The van der Waals surface area contributed by atoms with E-state index in [1.807, 2.05) is 0 Å². The van der Waals surface area contributed by atoms with Crippen LogP contribution >= 0.6 is 15.9 Å². The molecule has 0 saturated heterocycles. The molecule has 0 saturated carbocycles. The van der Waals surface area contributed by atoms with Crippen molar-refractivity contribution in [2.45, 2.75) is 6.42 Å². The molecule has 2 rings (SSSR count). The van der Waals surface area contributed by atoms with Gasteiger partial charge in [0.2, 0.25) is 5.91 Å². The van der Waals surface area contributed by atoms with Crippen molar-refractivity contribution in [3.63, 3.8) is 0 Å². The number of nitrogen functional groups attached to an aromatic ring is 1. The maximum absolute atomic E-state index is 13.4. The third-order valence-corrected chi connectivity index (χ3v) is 3.17. The van der Waals surface area contributed by atoms with Crippen LogP contribution in [-0.4, -0.2) is 12.5 Å². The predicted molar refractivity (Wildman–Crippen MR) is 83.7 cm³/mol. The number of nitrogens with one attached hydrogen (secondary N) is 1. The van der Waals surface area contributed by atoms with E-state index in [1.165, 1.54) is 12.1 Å². The highest BCUT2D eigenvalue weighted by Crippen LogP contribution is 2.22. The van der Waals surface area contributed by atoms with Crippen molar-refractivity contribution in [1.82, 2.24) is 0 Å². The van der Waals surface area contributed by atoms with Crippen molar-refractivity contribution < 1.29 is 13.9 Å². The van der Waals surface area contributed by atoms with Gasteiger partial charge in [-0.1, -0.05) is 15.9 Å². The summed E-state index contributed by atoms with van der Waals surface area (Å²) in [4.78, 5) is 11.7. The van der Waals surface area contributed by atoms with E-state index >= 15 is 0 Å². The van der Waals surface area contributed by atoms with Gasteiger partial charge in [0.15, 0.2) is 11.6 Å². The van der Waals surface area contributed by atoms with Crippen LogP contribution in [0.25, 0.3) is 0 Å². The van der Waals surface area contributed by atoms with Gasteiger partial charge in [0.25, 0.3) is 0 Å². The standard InChI is InChI=1S/C15H14BrFN2O2/c16-10-1-6-13(17)14(9-10)21-8-7-15(20)19-12-4-2-11(18)3-5-12/h1-6,9H,7-8,18H2,(H,19,20). The van der Waals surface area contributed by atoms with Gasteiger partial charge >= 0.3 is 0 Å². The van der Waals surface area contributed by atoms with E-state index < -0.39 is 5.82 Å². The molecule has 0 atom stereocenters. The number of halogens is 2. The molecule has 0 aromatic heterocycles. The normalized spacial score (nSPS) is 10.2.